The fraction of sp³-hybridized carbons (Fsp3) is 0.250. The Bertz CT molecular complexity index is 781. The lowest BCUT2D eigenvalue weighted by Crippen LogP contribution is -2.21. The maximum Gasteiger partial charge on any atom is 0.244 e. The number of nitrogens with two attached hydrogens (primary N) is 1. The smallest absolute Gasteiger partial charge is 0.244 e. The van der Waals surface area contributed by atoms with Gasteiger partial charge < -0.3 is 15.6 Å². The predicted octanol–water partition coefficient (Wildman–Crippen LogP) is 2.46. The second kappa shape index (κ2) is 5.11. The van der Waals surface area contributed by atoms with Crippen molar-refractivity contribution < 1.29 is 9.84 Å². The zero-order valence-corrected chi connectivity index (χ0v) is 12.3. The van der Waals surface area contributed by atoms with Gasteiger partial charge in [-0.2, -0.15) is 5.26 Å². The third-order valence-corrected chi connectivity index (χ3v) is 3.77. The summed E-state index contributed by atoms with van der Waals surface area (Å²) in [4.78, 5) is 0. The topological polar surface area (TPSA) is 108 Å². The van der Waals surface area contributed by atoms with Crippen LogP contribution in [0.25, 0.3) is 0 Å². The molecule has 2 heterocycles. The Morgan fingerprint density at radius 2 is 2.05 bits per heavy atom. The van der Waals surface area contributed by atoms with E-state index in [0.29, 0.717) is 11.5 Å². The van der Waals surface area contributed by atoms with Crippen LogP contribution >= 0.6 is 0 Å². The molecule has 6 nitrogen and oxygen atoms in total. The van der Waals surface area contributed by atoms with Gasteiger partial charge in [0.1, 0.15) is 17.4 Å². The summed E-state index contributed by atoms with van der Waals surface area (Å²) in [7, 11) is 0. The predicted molar refractivity (Wildman–Crippen MR) is 80.1 cm³/mol. The molecular formula is C16H16N4O2. The normalized spacial score (nSPS) is 17.1. The molecule has 1 aliphatic heterocycles. The van der Waals surface area contributed by atoms with E-state index in [0.717, 1.165) is 16.8 Å². The second-order valence-corrected chi connectivity index (χ2v) is 5.53. The van der Waals surface area contributed by atoms with Crippen LogP contribution in [0.5, 0.6) is 11.6 Å². The van der Waals surface area contributed by atoms with Crippen LogP contribution in [0.2, 0.25) is 0 Å². The summed E-state index contributed by atoms with van der Waals surface area (Å²) in [6, 6.07) is 8.86. The average molecular weight is 296 g/mol. The number of allylic oxidation sites excluding steroid dienone is 1. The SMILES string of the molecule is CC(C)c1[nH]nc2c1C(c1ccc(O)cc1)C(C#N)=C(N)O2. The number of phenols is 1. The van der Waals surface area contributed by atoms with Gasteiger partial charge in [0, 0.05) is 5.69 Å². The fourth-order valence-corrected chi connectivity index (χ4v) is 2.71. The van der Waals surface area contributed by atoms with Gasteiger partial charge in [0.05, 0.1) is 11.5 Å². The summed E-state index contributed by atoms with van der Waals surface area (Å²) in [6.07, 6.45) is 0. The summed E-state index contributed by atoms with van der Waals surface area (Å²) in [6.45, 7) is 4.07. The highest BCUT2D eigenvalue weighted by atomic mass is 16.5. The largest absolute Gasteiger partial charge is 0.508 e. The first kappa shape index (κ1) is 14.0. The fourth-order valence-electron chi connectivity index (χ4n) is 2.71. The number of aromatic hydroxyl groups is 1. The Morgan fingerprint density at radius 1 is 1.36 bits per heavy atom. The van der Waals surface area contributed by atoms with Crippen LogP contribution in [0, 0.1) is 11.3 Å². The molecule has 0 fully saturated rings. The van der Waals surface area contributed by atoms with Gasteiger partial charge >= 0.3 is 0 Å². The van der Waals surface area contributed by atoms with Gasteiger partial charge in [0.15, 0.2) is 0 Å². The number of rotatable bonds is 2. The van der Waals surface area contributed by atoms with Gasteiger partial charge in [-0.05, 0) is 23.6 Å². The number of nitrogens with zero attached hydrogens (tertiary/aromatic N) is 2. The van der Waals surface area contributed by atoms with Crippen molar-refractivity contribution in [1.82, 2.24) is 10.2 Å². The third-order valence-electron chi connectivity index (χ3n) is 3.77. The van der Waals surface area contributed by atoms with E-state index in [2.05, 4.69) is 16.3 Å². The van der Waals surface area contributed by atoms with Crippen LogP contribution in [0.4, 0.5) is 0 Å². The van der Waals surface area contributed by atoms with Crippen molar-refractivity contribution in [3.05, 3.63) is 52.5 Å². The molecule has 0 bridgehead atoms. The standard InChI is InChI=1S/C16H16N4O2/c1-8(2)14-13-12(9-3-5-10(21)6-4-9)11(7-17)15(18)22-16(13)20-19-14/h3-6,8,12,21H,18H2,1-2H3,(H,19,20). The van der Waals surface area contributed by atoms with Crippen LogP contribution in [-0.4, -0.2) is 15.3 Å². The summed E-state index contributed by atoms with van der Waals surface area (Å²) >= 11 is 0. The molecule has 0 spiro atoms. The van der Waals surface area contributed by atoms with Crippen molar-refractivity contribution in [3.63, 3.8) is 0 Å². The summed E-state index contributed by atoms with van der Waals surface area (Å²) in [5.41, 5.74) is 8.82. The molecule has 6 heteroatoms. The molecule has 1 aliphatic rings. The molecule has 4 N–H and O–H groups in total. The second-order valence-electron chi connectivity index (χ2n) is 5.53. The van der Waals surface area contributed by atoms with Crippen molar-refractivity contribution in [2.75, 3.05) is 0 Å². The molecule has 1 atom stereocenters. The molecule has 2 aromatic rings. The van der Waals surface area contributed by atoms with Gasteiger partial charge in [-0.3, -0.25) is 5.10 Å². The van der Waals surface area contributed by atoms with Crippen molar-refractivity contribution >= 4 is 0 Å². The van der Waals surface area contributed by atoms with Crippen LogP contribution in [0.1, 0.15) is 42.5 Å². The van der Waals surface area contributed by atoms with E-state index in [1.165, 1.54) is 0 Å². The minimum absolute atomic E-state index is 0.0647. The van der Waals surface area contributed by atoms with E-state index in [1.807, 2.05) is 13.8 Å². The number of aromatic amines is 1. The van der Waals surface area contributed by atoms with Crippen LogP contribution in [-0.2, 0) is 0 Å². The average Bonchev–Trinajstić information content (AvgIpc) is 2.90. The maximum absolute atomic E-state index is 9.49. The molecular weight excluding hydrogens is 280 g/mol. The van der Waals surface area contributed by atoms with E-state index in [1.54, 1.807) is 24.3 Å². The Morgan fingerprint density at radius 3 is 2.64 bits per heavy atom. The number of ether oxygens (including phenoxy) is 1. The first-order valence-electron chi connectivity index (χ1n) is 6.97. The number of fused-ring (bicyclic) bond motifs is 1. The molecule has 1 aromatic heterocycles. The van der Waals surface area contributed by atoms with Crippen molar-refractivity contribution in [3.8, 4) is 17.7 Å². The van der Waals surface area contributed by atoms with E-state index in [-0.39, 0.29) is 23.5 Å². The molecule has 0 saturated carbocycles. The monoisotopic (exact) mass is 296 g/mol. The van der Waals surface area contributed by atoms with Crippen molar-refractivity contribution in [2.45, 2.75) is 25.7 Å². The van der Waals surface area contributed by atoms with Gasteiger partial charge in [0.2, 0.25) is 11.8 Å². The molecule has 0 aliphatic carbocycles. The van der Waals surface area contributed by atoms with Gasteiger partial charge in [-0.1, -0.05) is 26.0 Å². The number of phenolic OH excluding ortho intramolecular Hbond substituents is 1. The molecule has 1 aromatic carbocycles. The molecule has 1 unspecified atom stereocenters. The third kappa shape index (κ3) is 2.07. The minimum atomic E-state index is -0.356. The number of H-pyrrole nitrogens is 1. The Balaban J connectivity index is 2.23. The van der Waals surface area contributed by atoms with E-state index in [9.17, 15) is 10.4 Å². The maximum atomic E-state index is 9.49. The Labute approximate surface area is 127 Å². The van der Waals surface area contributed by atoms with E-state index >= 15 is 0 Å². The van der Waals surface area contributed by atoms with Crippen LogP contribution in [0.3, 0.4) is 0 Å². The number of aromatic nitrogens is 2. The van der Waals surface area contributed by atoms with E-state index < -0.39 is 0 Å². The van der Waals surface area contributed by atoms with Crippen molar-refractivity contribution in [1.29, 1.82) is 5.26 Å². The number of benzene rings is 1. The first-order valence-corrected chi connectivity index (χ1v) is 6.97. The summed E-state index contributed by atoms with van der Waals surface area (Å²) in [5, 5.41) is 26.1. The zero-order valence-electron chi connectivity index (χ0n) is 12.3. The molecule has 22 heavy (non-hydrogen) atoms. The lowest BCUT2D eigenvalue weighted by molar-refractivity contribution is 0.378. The number of hydrogen-bond acceptors (Lipinski definition) is 5. The molecule has 0 amide bonds. The number of nitriles is 1. The highest BCUT2D eigenvalue weighted by Crippen LogP contribution is 2.44. The molecule has 112 valence electrons. The van der Waals surface area contributed by atoms with Crippen LogP contribution in [0.15, 0.2) is 35.7 Å². The quantitative estimate of drug-likeness (QED) is 0.789. The Kier molecular flexibility index (Phi) is 3.26. The Hall–Kier alpha value is -2.94. The van der Waals surface area contributed by atoms with Crippen LogP contribution < -0.4 is 10.5 Å². The lowest BCUT2D eigenvalue weighted by Gasteiger charge is -2.24. The van der Waals surface area contributed by atoms with Crippen molar-refractivity contribution in [2.24, 2.45) is 5.73 Å². The van der Waals surface area contributed by atoms with E-state index in [4.69, 9.17) is 10.5 Å². The molecule has 0 saturated heterocycles. The molecule has 3 rings (SSSR count). The van der Waals surface area contributed by atoms with Gasteiger partial charge in [0.25, 0.3) is 0 Å². The van der Waals surface area contributed by atoms with Gasteiger partial charge in [-0.15, -0.1) is 5.10 Å². The van der Waals surface area contributed by atoms with Gasteiger partial charge in [-0.25, -0.2) is 0 Å². The first-order chi connectivity index (χ1) is 10.5. The molecule has 0 radical (unpaired) electrons. The zero-order chi connectivity index (χ0) is 15.9. The number of nitrogens with one attached hydrogen (secondary N) is 1. The highest BCUT2D eigenvalue weighted by molar-refractivity contribution is 5.55. The summed E-state index contributed by atoms with van der Waals surface area (Å²) < 4.78 is 5.48. The highest BCUT2D eigenvalue weighted by Gasteiger charge is 2.35. The minimum Gasteiger partial charge on any atom is -0.508 e. The lowest BCUT2D eigenvalue weighted by atomic mass is 9.82. The summed E-state index contributed by atoms with van der Waals surface area (Å²) in [5.74, 6) is 0.472. The number of hydrogen-bond donors (Lipinski definition) is 3.